The highest BCUT2D eigenvalue weighted by Gasteiger charge is 2.14. The molecule has 2 N–H and O–H groups in total. The van der Waals surface area contributed by atoms with Gasteiger partial charge in [0.15, 0.2) is 5.13 Å². The molecule has 1 atom stereocenters. The first kappa shape index (κ1) is 13.5. The second-order valence-electron chi connectivity index (χ2n) is 4.51. The molecule has 5 heteroatoms. The minimum atomic E-state index is -0.315. The van der Waals surface area contributed by atoms with Gasteiger partial charge in [0.05, 0.1) is 0 Å². The number of anilines is 2. The second kappa shape index (κ2) is 5.84. The summed E-state index contributed by atoms with van der Waals surface area (Å²) in [5, 5.41) is 8.47. The molecule has 0 aliphatic heterocycles. The van der Waals surface area contributed by atoms with E-state index in [4.69, 9.17) is 0 Å². The number of thiazole rings is 1. The van der Waals surface area contributed by atoms with Crippen LogP contribution in [0.15, 0.2) is 29.8 Å². The fraction of sp³-hybridized carbons (Fsp3) is 0.286. The van der Waals surface area contributed by atoms with Gasteiger partial charge >= 0.3 is 0 Å². The van der Waals surface area contributed by atoms with Crippen LogP contribution in [0.3, 0.4) is 0 Å². The Kier molecular flexibility index (Phi) is 4.16. The number of aryl methyl sites for hydroxylation is 2. The molecule has 0 bridgehead atoms. The van der Waals surface area contributed by atoms with Crippen molar-refractivity contribution in [3.05, 3.63) is 40.9 Å². The first-order valence-corrected chi connectivity index (χ1v) is 6.98. The van der Waals surface area contributed by atoms with Gasteiger partial charge in [-0.3, -0.25) is 4.79 Å². The molecular formula is C14H17N3OS. The van der Waals surface area contributed by atoms with E-state index in [9.17, 15) is 4.79 Å². The minimum absolute atomic E-state index is 0.0872. The topological polar surface area (TPSA) is 54.0 Å². The number of rotatable bonds is 4. The molecule has 1 unspecified atom stereocenters. The average molecular weight is 275 g/mol. The van der Waals surface area contributed by atoms with Crippen LogP contribution in [0.4, 0.5) is 10.8 Å². The fourth-order valence-electron chi connectivity index (χ4n) is 1.69. The van der Waals surface area contributed by atoms with Crippen molar-refractivity contribution in [2.24, 2.45) is 0 Å². The summed E-state index contributed by atoms with van der Waals surface area (Å²) in [5.74, 6) is -0.0872. The number of hydrogen-bond donors (Lipinski definition) is 2. The largest absolute Gasteiger partial charge is 0.374 e. The molecule has 0 spiro atoms. The number of aromatic nitrogens is 1. The lowest BCUT2D eigenvalue weighted by molar-refractivity contribution is -0.116. The summed E-state index contributed by atoms with van der Waals surface area (Å²) >= 11 is 1.41. The number of hydrogen-bond acceptors (Lipinski definition) is 4. The van der Waals surface area contributed by atoms with Crippen molar-refractivity contribution < 1.29 is 4.79 Å². The normalized spacial score (nSPS) is 11.9. The number of benzene rings is 1. The Morgan fingerprint density at radius 2 is 2.16 bits per heavy atom. The Morgan fingerprint density at radius 1 is 1.37 bits per heavy atom. The van der Waals surface area contributed by atoms with E-state index >= 15 is 0 Å². The van der Waals surface area contributed by atoms with Gasteiger partial charge in [0.1, 0.15) is 6.04 Å². The van der Waals surface area contributed by atoms with Gasteiger partial charge in [-0.15, -0.1) is 11.3 Å². The smallest absolute Gasteiger partial charge is 0.248 e. The van der Waals surface area contributed by atoms with E-state index in [2.05, 4.69) is 21.7 Å². The highest BCUT2D eigenvalue weighted by atomic mass is 32.1. The number of carbonyl (C=O) groups is 1. The highest BCUT2D eigenvalue weighted by molar-refractivity contribution is 7.13. The summed E-state index contributed by atoms with van der Waals surface area (Å²) in [6.07, 6.45) is 1.67. The van der Waals surface area contributed by atoms with E-state index in [0.29, 0.717) is 5.13 Å². The zero-order chi connectivity index (χ0) is 13.8. The first-order chi connectivity index (χ1) is 9.06. The van der Waals surface area contributed by atoms with Crippen molar-refractivity contribution in [2.75, 3.05) is 10.6 Å². The van der Waals surface area contributed by atoms with Gasteiger partial charge in [0, 0.05) is 17.3 Å². The van der Waals surface area contributed by atoms with Crippen molar-refractivity contribution in [2.45, 2.75) is 26.8 Å². The Balaban J connectivity index is 2.02. The van der Waals surface area contributed by atoms with Gasteiger partial charge < -0.3 is 10.6 Å². The summed E-state index contributed by atoms with van der Waals surface area (Å²) in [6, 6.07) is 5.83. The van der Waals surface area contributed by atoms with Gasteiger partial charge in [-0.25, -0.2) is 4.98 Å². The number of nitrogens with zero attached hydrogens (tertiary/aromatic N) is 1. The molecule has 2 rings (SSSR count). The van der Waals surface area contributed by atoms with Gasteiger partial charge in [-0.1, -0.05) is 12.1 Å². The summed E-state index contributed by atoms with van der Waals surface area (Å²) in [7, 11) is 0. The molecular weight excluding hydrogens is 258 g/mol. The molecule has 2 aromatic rings. The van der Waals surface area contributed by atoms with Crippen molar-refractivity contribution in [1.82, 2.24) is 4.98 Å². The molecule has 100 valence electrons. The van der Waals surface area contributed by atoms with E-state index in [1.54, 1.807) is 6.20 Å². The third-order valence-electron chi connectivity index (χ3n) is 2.82. The third-order valence-corrected chi connectivity index (χ3v) is 3.51. The van der Waals surface area contributed by atoms with Gasteiger partial charge in [-0.05, 0) is 38.0 Å². The Hall–Kier alpha value is -1.88. The zero-order valence-corrected chi connectivity index (χ0v) is 12.0. The molecule has 1 heterocycles. The lowest BCUT2D eigenvalue weighted by Crippen LogP contribution is -2.32. The van der Waals surface area contributed by atoms with Crippen LogP contribution in [-0.4, -0.2) is 16.9 Å². The van der Waals surface area contributed by atoms with Crippen molar-refractivity contribution in [1.29, 1.82) is 0 Å². The molecule has 0 aliphatic rings. The monoisotopic (exact) mass is 275 g/mol. The minimum Gasteiger partial charge on any atom is -0.374 e. The van der Waals surface area contributed by atoms with Crippen LogP contribution in [0, 0.1) is 13.8 Å². The molecule has 0 saturated heterocycles. The maximum absolute atomic E-state index is 12.0. The standard InChI is InChI=1S/C14H17N3OS/c1-9-4-5-10(2)12(8-9)16-11(3)13(18)17-14-15-6-7-19-14/h4-8,11,16H,1-3H3,(H,15,17,18). The highest BCUT2D eigenvalue weighted by Crippen LogP contribution is 2.18. The Labute approximate surface area is 116 Å². The van der Waals surface area contributed by atoms with Crippen LogP contribution in [0.1, 0.15) is 18.1 Å². The maximum Gasteiger partial charge on any atom is 0.248 e. The molecule has 0 saturated carbocycles. The molecule has 0 aliphatic carbocycles. The first-order valence-electron chi connectivity index (χ1n) is 6.10. The molecule has 0 fully saturated rings. The van der Waals surface area contributed by atoms with E-state index in [-0.39, 0.29) is 11.9 Å². The predicted molar refractivity (Wildman–Crippen MR) is 79.7 cm³/mol. The third kappa shape index (κ3) is 3.54. The van der Waals surface area contributed by atoms with E-state index in [0.717, 1.165) is 11.3 Å². The van der Waals surface area contributed by atoms with Gasteiger partial charge in [0.25, 0.3) is 0 Å². The predicted octanol–water partition coefficient (Wildman–Crippen LogP) is 3.20. The van der Waals surface area contributed by atoms with E-state index in [1.807, 2.05) is 38.3 Å². The maximum atomic E-state index is 12.0. The summed E-state index contributed by atoms with van der Waals surface area (Å²) in [5.41, 5.74) is 3.28. The van der Waals surface area contributed by atoms with Gasteiger partial charge in [0.2, 0.25) is 5.91 Å². The molecule has 1 amide bonds. The lowest BCUT2D eigenvalue weighted by atomic mass is 10.1. The number of carbonyl (C=O) groups excluding carboxylic acids is 1. The number of amides is 1. The zero-order valence-electron chi connectivity index (χ0n) is 11.2. The lowest BCUT2D eigenvalue weighted by Gasteiger charge is -2.16. The van der Waals surface area contributed by atoms with E-state index < -0.39 is 0 Å². The van der Waals surface area contributed by atoms with Crippen LogP contribution in [0.2, 0.25) is 0 Å². The van der Waals surface area contributed by atoms with E-state index in [1.165, 1.54) is 16.9 Å². The molecule has 19 heavy (non-hydrogen) atoms. The fourth-order valence-corrected chi connectivity index (χ4v) is 2.22. The SMILES string of the molecule is Cc1ccc(C)c(NC(C)C(=O)Nc2nccs2)c1. The van der Waals surface area contributed by atoms with Crippen molar-refractivity contribution in [3.8, 4) is 0 Å². The Bertz CT molecular complexity index is 566. The average Bonchev–Trinajstić information content (AvgIpc) is 2.86. The van der Waals surface area contributed by atoms with Crippen LogP contribution >= 0.6 is 11.3 Å². The van der Waals surface area contributed by atoms with Crippen molar-refractivity contribution >= 4 is 28.1 Å². The van der Waals surface area contributed by atoms with Crippen LogP contribution in [0.5, 0.6) is 0 Å². The second-order valence-corrected chi connectivity index (χ2v) is 5.41. The molecule has 4 nitrogen and oxygen atoms in total. The Morgan fingerprint density at radius 3 is 2.84 bits per heavy atom. The molecule has 0 radical (unpaired) electrons. The number of nitrogens with one attached hydrogen (secondary N) is 2. The van der Waals surface area contributed by atoms with Crippen LogP contribution in [0.25, 0.3) is 0 Å². The van der Waals surface area contributed by atoms with Crippen LogP contribution in [-0.2, 0) is 4.79 Å². The summed E-state index contributed by atoms with van der Waals surface area (Å²) < 4.78 is 0. The molecule has 1 aromatic heterocycles. The van der Waals surface area contributed by atoms with Gasteiger partial charge in [-0.2, -0.15) is 0 Å². The molecule has 1 aromatic carbocycles. The quantitative estimate of drug-likeness (QED) is 0.901. The van der Waals surface area contributed by atoms with Crippen LogP contribution < -0.4 is 10.6 Å². The summed E-state index contributed by atoms with van der Waals surface area (Å²) in [4.78, 5) is 16.0. The summed E-state index contributed by atoms with van der Waals surface area (Å²) in [6.45, 7) is 5.89. The van der Waals surface area contributed by atoms with Crippen molar-refractivity contribution in [3.63, 3.8) is 0 Å².